The molecular formula is C15H30O6. The third kappa shape index (κ3) is 5.81. The van der Waals surface area contributed by atoms with Crippen LogP contribution in [-0.2, 0) is 23.7 Å². The predicted octanol–water partition coefficient (Wildman–Crippen LogP) is 1.34. The van der Waals surface area contributed by atoms with Gasteiger partial charge in [-0.2, -0.15) is 0 Å². The maximum atomic E-state index is 10.3. The normalized spacial score (nSPS) is 26.6. The summed E-state index contributed by atoms with van der Waals surface area (Å²) in [6.45, 7) is 10.1. The molecule has 1 heterocycles. The van der Waals surface area contributed by atoms with Crippen molar-refractivity contribution in [2.75, 3.05) is 27.4 Å². The highest BCUT2D eigenvalue weighted by molar-refractivity contribution is 4.88. The minimum atomic E-state index is -0.813. The van der Waals surface area contributed by atoms with Gasteiger partial charge in [0.15, 0.2) is 5.79 Å². The number of hydrogen-bond donors (Lipinski definition) is 1. The Bertz CT molecular complexity index is 312. The van der Waals surface area contributed by atoms with Crippen LogP contribution in [0.3, 0.4) is 0 Å². The average Bonchev–Trinajstić information content (AvgIpc) is 2.72. The van der Waals surface area contributed by atoms with Gasteiger partial charge in [-0.1, -0.05) is 0 Å². The molecule has 1 N–H and O–H groups in total. The first-order valence-electron chi connectivity index (χ1n) is 7.29. The summed E-state index contributed by atoms with van der Waals surface area (Å²) < 4.78 is 27.9. The van der Waals surface area contributed by atoms with Gasteiger partial charge in [0.25, 0.3) is 0 Å². The first kappa shape index (κ1) is 18.8. The Balaban J connectivity index is 2.67. The Hall–Kier alpha value is -0.240. The molecule has 1 aliphatic heterocycles. The lowest BCUT2D eigenvalue weighted by atomic mass is 10.0. The molecule has 4 atom stereocenters. The van der Waals surface area contributed by atoms with Crippen molar-refractivity contribution in [3.8, 4) is 0 Å². The van der Waals surface area contributed by atoms with Gasteiger partial charge in [-0.25, -0.2) is 0 Å². The summed E-state index contributed by atoms with van der Waals surface area (Å²) in [5, 5.41) is 10.3. The number of aliphatic hydroxyl groups is 1. The summed E-state index contributed by atoms with van der Waals surface area (Å²) in [7, 11) is 3.11. The van der Waals surface area contributed by atoms with Crippen LogP contribution in [0.4, 0.5) is 0 Å². The number of rotatable bonds is 7. The van der Waals surface area contributed by atoms with E-state index < -0.39 is 24.1 Å². The van der Waals surface area contributed by atoms with Crippen LogP contribution in [0.25, 0.3) is 0 Å². The molecule has 6 heteroatoms. The van der Waals surface area contributed by atoms with Crippen molar-refractivity contribution < 1.29 is 28.8 Å². The van der Waals surface area contributed by atoms with Gasteiger partial charge in [0.1, 0.15) is 24.4 Å². The van der Waals surface area contributed by atoms with E-state index in [1.807, 2.05) is 34.6 Å². The lowest BCUT2D eigenvalue weighted by Gasteiger charge is -2.33. The maximum absolute atomic E-state index is 10.3. The van der Waals surface area contributed by atoms with Gasteiger partial charge >= 0.3 is 0 Å². The second kappa shape index (κ2) is 7.35. The minimum Gasteiger partial charge on any atom is -0.388 e. The molecule has 21 heavy (non-hydrogen) atoms. The maximum Gasteiger partial charge on any atom is 0.163 e. The molecule has 0 radical (unpaired) electrons. The minimum absolute atomic E-state index is 0.166. The third-order valence-corrected chi connectivity index (χ3v) is 3.33. The quantitative estimate of drug-likeness (QED) is 0.766. The van der Waals surface area contributed by atoms with E-state index in [2.05, 4.69) is 0 Å². The van der Waals surface area contributed by atoms with Gasteiger partial charge in [-0.15, -0.1) is 0 Å². The van der Waals surface area contributed by atoms with E-state index >= 15 is 0 Å². The van der Waals surface area contributed by atoms with Crippen molar-refractivity contribution in [3.05, 3.63) is 0 Å². The van der Waals surface area contributed by atoms with E-state index in [9.17, 15) is 5.11 Å². The van der Waals surface area contributed by atoms with Gasteiger partial charge < -0.3 is 28.8 Å². The fourth-order valence-corrected chi connectivity index (χ4v) is 2.32. The summed E-state index contributed by atoms with van der Waals surface area (Å²) >= 11 is 0. The molecule has 0 spiro atoms. The zero-order valence-electron chi connectivity index (χ0n) is 14.2. The number of aliphatic hydroxyl groups excluding tert-OH is 1. The van der Waals surface area contributed by atoms with E-state index in [-0.39, 0.29) is 18.3 Å². The van der Waals surface area contributed by atoms with Gasteiger partial charge in [-0.05, 0) is 34.6 Å². The van der Waals surface area contributed by atoms with Gasteiger partial charge in [0.05, 0.1) is 18.8 Å². The molecule has 1 rings (SSSR count). The summed E-state index contributed by atoms with van der Waals surface area (Å²) in [6.07, 6.45) is -2.10. The molecule has 0 unspecified atom stereocenters. The molecule has 0 amide bonds. The van der Waals surface area contributed by atoms with E-state index in [0.717, 1.165) is 0 Å². The monoisotopic (exact) mass is 306 g/mol. The fraction of sp³-hybridized carbons (Fsp3) is 1.00. The molecule has 126 valence electrons. The molecule has 0 aliphatic carbocycles. The molecule has 0 saturated carbocycles. The van der Waals surface area contributed by atoms with Crippen LogP contribution in [-0.4, -0.2) is 68.3 Å². The Morgan fingerprint density at radius 1 is 1.24 bits per heavy atom. The zero-order valence-corrected chi connectivity index (χ0v) is 14.2. The van der Waals surface area contributed by atoms with Crippen LogP contribution in [0.2, 0.25) is 0 Å². The lowest BCUT2D eigenvalue weighted by Crippen LogP contribution is -2.50. The highest BCUT2D eigenvalue weighted by Gasteiger charge is 2.43. The molecule has 1 fully saturated rings. The lowest BCUT2D eigenvalue weighted by molar-refractivity contribution is -0.186. The van der Waals surface area contributed by atoms with Crippen LogP contribution in [0, 0.1) is 0 Å². The van der Waals surface area contributed by atoms with Gasteiger partial charge in [0.2, 0.25) is 0 Å². The summed E-state index contributed by atoms with van der Waals surface area (Å²) in [5.41, 5.74) is -0.323. The molecule has 0 aromatic carbocycles. The average molecular weight is 306 g/mol. The first-order valence-corrected chi connectivity index (χ1v) is 7.29. The fourth-order valence-electron chi connectivity index (χ4n) is 2.32. The molecule has 1 saturated heterocycles. The van der Waals surface area contributed by atoms with Crippen molar-refractivity contribution in [3.63, 3.8) is 0 Å². The highest BCUT2D eigenvalue weighted by atomic mass is 16.8. The van der Waals surface area contributed by atoms with Crippen LogP contribution < -0.4 is 0 Å². The molecule has 0 bridgehead atoms. The van der Waals surface area contributed by atoms with Gasteiger partial charge in [0, 0.05) is 14.2 Å². The Labute approximate surface area is 127 Å². The second-order valence-corrected chi connectivity index (χ2v) is 6.76. The summed E-state index contributed by atoms with van der Waals surface area (Å²) in [4.78, 5) is 0. The number of methoxy groups -OCH3 is 2. The summed E-state index contributed by atoms with van der Waals surface area (Å²) in [6, 6.07) is 0. The highest BCUT2D eigenvalue weighted by Crippen LogP contribution is 2.28. The molecule has 0 aromatic rings. The topological polar surface area (TPSA) is 66.4 Å². The number of hydrogen-bond acceptors (Lipinski definition) is 6. The van der Waals surface area contributed by atoms with E-state index in [1.165, 1.54) is 7.11 Å². The second-order valence-electron chi connectivity index (χ2n) is 6.76. The molecule has 0 aromatic heterocycles. The van der Waals surface area contributed by atoms with Crippen molar-refractivity contribution in [2.24, 2.45) is 0 Å². The Kier molecular flexibility index (Phi) is 6.58. The smallest absolute Gasteiger partial charge is 0.163 e. The Morgan fingerprint density at radius 2 is 1.86 bits per heavy atom. The largest absolute Gasteiger partial charge is 0.388 e. The zero-order chi connectivity index (χ0) is 16.3. The van der Waals surface area contributed by atoms with E-state index in [0.29, 0.717) is 6.61 Å². The third-order valence-electron chi connectivity index (χ3n) is 3.33. The number of ether oxygens (including phenoxy) is 5. The van der Waals surface area contributed by atoms with Crippen LogP contribution >= 0.6 is 0 Å². The molecule has 6 nitrogen and oxygen atoms in total. The van der Waals surface area contributed by atoms with Crippen molar-refractivity contribution >= 4 is 0 Å². The van der Waals surface area contributed by atoms with Crippen molar-refractivity contribution in [1.29, 1.82) is 0 Å². The van der Waals surface area contributed by atoms with Crippen LogP contribution in [0.5, 0.6) is 0 Å². The van der Waals surface area contributed by atoms with Crippen LogP contribution in [0.1, 0.15) is 34.6 Å². The molecular weight excluding hydrogens is 276 g/mol. The van der Waals surface area contributed by atoms with Crippen LogP contribution in [0.15, 0.2) is 0 Å². The SMILES string of the molecule is CO[C@H]([C@H](OC)[C@@H]1COC(C)(C)O1)[C@@H](O)COC(C)(C)C. The summed E-state index contributed by atoms with van der Waals surface area (Å²) in [5.74, 6) is -0.646. The first-order chi connectivity index (χ1) is 9.59. The van der Waals surface area contributed by atoms with E-state index in [4.69, 9.17) is 23.7 Å². The van der Waals surface area contributed by atoms with Gasteiger partial charge in [-0.3, -0.25) is 0 Å². The standard InChI is InChI=1S/C15H30O6/c1-14(2,3)19-8-10(16)12(17-6)13(18-7)11-9-20-15(4,5)21-11/h10-13,16H,8-9H2,1-7H3/t10-,11-,12-,13+/m0/s1. The van der Waals surface area contributed by atoms with E-state index in [1.54, 1.807) is 7.11 Å². The predicted molar refractivity (Wildman–Crippen MR) is 78.2 cm³/mol. The van der Waals surface area contributed by atoms with Crippen molar-refractivity contribution in [1.82, 2.24) is 0 Å². The van der Waals surface area contributed by atoms with Crippen molar-refractivity contribution in [2.45, 2.75) is 70.4 Å². The molecule has 1 aliphatic rings. The Morgan fingerprint density at radius 3 is 2.24 bits per heavy atom.